The van der Waals surface area contributed by atoms with E-state index in [1.54, 1.807) is 13.2 Å². The van der Waals surface area contributed by atoms with E-state index in [4.69, 9.17) is 9.47 Å². The molecule has 183 valence electrons. The van der Waals surface area contributed by atoms with E-state index in [-0.39, 0.29) is 18.3 Å². The Kier molecular flexibility index (Phi) is 8.51. The van der Waals surface area contributed by atoms with Crippen LogP contribution in [0.5, 0.6) is 11.5 Å². The van der Waals surface area contributed by atoms with Crippen molar-refractivity contribution in [1.29, 1.82) is 0 Å². The second-order valence-electron chi connectivity index (χ2n) is 9.61. The fourth-order valence-electron chi connectivity index (χ4n) is 5.29. The van der Waals surface area contributed by atoms with Crippen molar-refractivity contribution in [3.8, 4) is 11.5 Å². The first-order chi connectivity index (χ1) is 16.5. The minimum atomic E-state index is -0.711. The number of methoxy groups -OCH3 is 1. The summed E-state index contributed by atoms with van der Waals surface area (Å²) >= 11 is 0. The number of halogens is 1. The third-order valence-corrected chi connectivity index (χ3v) is 7.40. The van der Waals surface area contributed by atoms with Gasteiger partial charge in [-0.3, -0.25) is 0 Å². The zero-order valence-corrected chi connectivity index (χ0v) is 20.5. The molecular weight excluding hydrogens is 430 g/mol. The van der Waals surface area contributed by atoms with Crippen LogP contribution >= 0.6 is 0 Å². The maximum Gasteiger partial charge on any atom is 0.161 e. The van der Waals surface area contributed by atoms with E-state index >= 15 is 0 Å². The molecule has 2 aromatic carbocycles. The normalized spacial score (nSPS) is 19.4. The molecule has 1 atom stereocenters. The molecule has 0 bridgehead atoms. The Morgan fingerprint density at radius 2 is 1.85 bits per heavy atom. The standard InChI is InChI=1S/C27H37BFN2O3/c1-28-22-8-6-21(24(29)17-22)19-34-25-9-7-20(16-26(25)33-2)23(18-31-14-12-30-13-15-31)27(32)10-4-3-5-11-27/h6-9,16-17,23,30,32H,3-5,10-15,18-19H2,1-2H3. The Morgan fingerprint density at radius 1 is 1.09 bits per heavy atom. The molecule has 1 saturated carbocycles. The minimum absolute atomic E-state index is 0.00383. The van der Waals surface area contributed by atoms with Gasteiger partial charge in [0.15, 0.2) is 11.5 Å². The maximum atomic E-state index is 14.4. The van der Waals surface area contributed by atoms with Gasteiger partial charge in [-0.2, -0.15) is 0 Å². The average molecular weight is 467 g/mol. The summed E-state index contributed by atoms with van der Waals surface area (Å²) in [6, 6.07) is 11.1. The molecule has 2 N–H and O–H groups in total. The third-order valence-electron chi connectivity index (χ3n) is 7.40. The van der Waals surface area contributed by atoms with Crippen molar-refractivity contribution >= 4 is 12.7 Å². The maximum absolute atomic E-state index is 14.4. The predicted molar refractivity (Wildman–Crippen MR) is 135 cm³/mol. The fourth-order valence-corrected chi connectivity index (χ4v) is 5.29. The van der Waals surface area contributed by atoms with Crippen molar-refractivity contribution < 1.29 is 19.0 Å². The molecule has 7 heteroatoms. The first-order valence-electron chi connectivity index (χ1n) is 12.6. The first-order valence-corrected chi connectivity index (χ1v) is 12.6. The van der Waals surface area contributed by atoms with Gasteiger partial charge in [-0.05, 0) is 36.6 Å². The lowest BCUT2D eigenvalue weighted by atomic mass is 9.72. The minimum Gasteiger partial charge on any atom is -0.493 e. The lowest BCUT2D eigenvalue weighted by molar-refractivity contribution is -0.0317. The molecule has 4 rings (SSSR count). The van der Waals surface area contributed by atoms with Crippen LogP contribution in [0.15, 0.2) is 36.4 Å². The van der Waals surface area contributed by atoms with Crippen molar-refractivity contribution in [3.05, 3.63) is 53.3 Å². The molecule has 1 aliphatic carbocycles. The fraction of sp³-hybridized carbons (Fsp3) is 0.556. The first kappa shape index (κ1) is 25.0. The van der Waals surface area contributed by atoms with Crippen molar-refractivity contribution in [2.24, 2.45) is 0 Å². The predicted octanol–water partition coefficient (Wildman–Crippen LogP) is 3.47. The summed E-state index contributed by atoms with van der Waals surface area (Å²) < 4.78 is 26.0. The average Bonchev–Trinajstić information content (AvgIpc) is 2.87. The lowest BCUT2D eigenvalue weighted by Gasteiger charge is -2.42. The summed E-state index contributed by atoms with van der Waals surface area (Å²) in [6.45, 7) is 6.78. The van der Waals surface area contributed by atoms with E-state index in [9.17, 15) is 9.50 Å². The van der Waals surface area contributed by atoms with Crippen LogP contribution < -0.4 is 20.3 Å². The number of nitrogens with zero attached hydrogens (tertiary/aromatic N) is 1. The zero-order valence-electron chi connectivity index (χ0n) is 20.5. The Balaban J connectivity index is 1.55. The molecule has 1 radical (unpaired) electrons. The second kappa shape index (κ2) is 11.6. The highest BCUT2D eigenvalue weighted by molar-refractivity contribution is 6.51. The number of benzene rings is 2. The molecule has 2 fully saturated rings. The van der Waals surface area contributed by atoms with Gasteiger partial charge in [-0.15, -0.1) is 0 Å². The smallest absolute Gasteiger partial charge is 0.161 e. The van der Waals surface area contributed by atoms with Gasteiger partial charge in [0.25, 0.3) is 0 Å². The van der Waals surface area contributed by atoms with E-state index in [0.717, 1.165) is 69.4 Å². The highest BCUT2D eigenvalue weighted by atomic mass is 19.1. The molecule has 1 unspecified atom stereocenters. The van der Waals surface area contributed by atoms with Crippen LogP contribution in [0.25, 0.3) is 0 Å². The molecule has 0 aromatic heterocycles. The van der Waals surface area contributed by atoms with Crippen LogP contribution in [-0.2, 0) is 6.61 Å². The topological polar surface area (TPSA) is 54.0 Å². The Hall–Kier alpha value is -2.09. The van der Waals surface area contributed by atoms with Gasteiger partial charge >= 0.3 is 0 Å². The number of hydrogen-bond acceptors (Lipinski definition) is 5. The molecule has 1 aliphatic heterocycles. The summed E-state index contributed by atoms with van der Waals surface area (Å²) in [5, 5.41) is 15.1. The quantitative estimate of drug-likeness (QED) is 0.554. The summed E-state index contributed by atoms with van der Waals surface area (Å²) in [4.78, 5) is 2.45. The van der Waals surface area contributed by atoms with Gasteiger partial charge in [-0.1, -0.05) is 49.7 Å². The largest absolute Gasteiger partial charge is 0.493 e. The van der Waals surface area contributed by atoms with Gasteiger partial charge in [0, 0.05) is 44.2 Å². The van der Waals surface area contributed by atoms with Crippen LogP contribution in [0.3, 0.4) is 0 Å². The SMILES string of the molecule is C[B]c1ccc(COc2ccc(C(CN3CCNCC3)C3(O)CCCCC3)cc2OC)c(F)c1. The summed E-state index contributed by atoms with van der Waals surface area (Å²) in [5.74, 6) is 0.917. The Morgan fingerprint density at radius 3 is 2.53 bits per heavy atom. The second-order valence-corrected chi connectivity index (χ2v) is 9.61. The van der Waals surface area contributed by atoms with Crippen molar-refractivity contribution in [2.75, 3.05) is 39.8 Å². The van der Waals surface area contributed by atoms with Gasteiger partial charge in [0.2, 0.25) is 0 Å². The zero-order chi connectivity index (χ0) is 24.0. The number of ether oxygens (including phenoxy) is 2. The highest BCUT2D eigenvalue weighted by Gasteiger charge is 2.40. The lowest BCUT2D eigenvalue weighted by Crippen LogP contribution is -2.49. The van der Waals surface area contributed by atoms with E-state index in [1.807, 2.05) is 38.4 Å². The Labute approximate surface area is 203 Å². The van der Waals surface area contributed by atoms with Crippen LogP contribution in [-0.4, -0.2) is 62.7 Å². The Bertz CT molecular complexity index is 945. The monoisotopic (exact) mass is 467 g/mol. The molecule has 2 aliphatic rings. The number of rotatable bonds is 9. The molecular formula is C27H37BFN2O3. The molecule has 0 amide bonds. The van der Waals surface area contributed by atoms with E-state index in [1.165, 1.54) is 12.5 Å². The highest BCUT2D eigenvalue weighted by Crippen LogP contribution is 2.42. The number of nitrogens with one attached hydrogen (secondary N) is 1. The van der Waals surface area contributed by atoms with Crippen LogP contribution in [0.1, 0.15) is 49.1 Å². The number of piperazine rings is 1. The van der Waals surface area contributed by atoms with Gasteiger partial charge in [0.05, 0.1) is 12.7 Å². The molecule has 34 heavy (non-hydrogen) atoms. The number of aliphatic hydroxyl groups is 1. The summed E-state index contributed by atoms with van der Waals surface area (Å²) in [5.41, 5.74) is 1.71. The summed E-state index contributed by atoms with van der Waals surface area (Å²) in [6.07, 6.45) is 4.97. The molecule has 2 aromatic rings. The van der Waals surface area contributed by atoms with Crippen molar-refractivity contribution in [1.82, 2.24) is 10.2 Å². The molecule has 5 nitrogen and oxygen atoms in total. The van der Waals surface area contributed by atoms with Gasteiger partial charge in [0.1, 0.15) is 19.7 Å². The molecule has 0 spiro atoms. The molecule has 1 saturated heterocycles. The van der Waals surface area contributed by atoms with Gasteiger partial charge < -0.3 is 24.8 Å². The van der Waals surface area contributed by atoms with Gasteiger partial charge in [-0.25, -0.2) is 4.39 Å². The van der Waals surface area contributed by atoms with Crippen molar-refractivity contribution in [2.45, 2.75) is 57.1 Å². The van der Waals surface area contributed by atoms with E-state index < -0.39 is 5.60 Å². The third kappa shape index (κ3) is 5.94. The van der Waals surface area contributed by atoms with Crippen LogP contribution in [0, 0.1) is 5.82 Å². The van der Waals surface area contributed by atoms with Crippen LogP contribution in [0.4, 0.5) is 4.39 Å². The van der Waals surface area contributed by atoms with E-state index in [2.05, 4.69) is 10.2 Å². The number of hydrogen-bond donors (Lipinski definition) is 2. The molecule has 1 heterocycles. The summed E-state index contributed by atoms with van der Waals surface area (Å²) in [7, 11) is 3.49. The van der Waals surface area contributed by atoms with Crippen LogP contribution in [0.2, 0.25) is 6.82 Å². The van der Waals surface area contributed by atoms with E-state index in [0.29, 0.717) is 17.1 Å². The van der Waals surface area contributed by atoms with Crippen molar-refractivity contribution in [3.63, 3.8) is 0 Å².